The number of aliphatic imine (C=N–C) groups is 4. The highest BCUT2D eigenvalue weighted by molar-refractivity contribution is 8.18. The van der Waals surface area contributed by atoms with Crippen LogP contribution in [0.3, 0.4) is 0 Å². The third kappa shape index (κ3) is 5.19. The first-order chi connectivity index (χ1) is 16.1. The van der Waals surface area contributed by atoms with Crippen molar-refractivity contribution in [1.29, 1.82) is 0 Å². The first-order valence-corrected chi connectivity index (χ1v) is 13.2. The molecule has 10 nitrogen and oxygen atoms in total. The molecule has 0 unspecified atom stereocenters. The molecule has 0 N–H and O–H groups in total. The number of rotatable bonds is 5. The second kappa shape index (κ2) is 9.90. The van der Waals surface area contributed by atoms with E-state index in [9.17, 15) is 10.2 Å². The van der Waals surface area contributed by atoms with Crippen LogP contribution in [0.4, 0.5) is 10.3 Å². The first-order valence-electron chi connectivity index (χ1n) is 9.85. The molecule has 0 radical (unpaired) electrons. The molecule has 0 bridgehead atoms. The van der Waals surface area contributed by atoms with Crippen molar-refractivity contribution >= 4 is 78.2 Å². The van der Waals surface area contributed by atoms with Crippen LogP contribution < -0.4 is 10.2 Å². The van der Waals surface area contributed by atoms with Gasteiger partial charge < -0.3 is 20.0 Å². The summed E-state index contributed by atoms with van der Waals surface area (Å²) in [6, 6.07) is 0. The molecule has 0 amide bonds. The summed E-state index contributed by atoms with van der Waals surface area (Å²) in [6.07, 6.45) is 0. The maximum atomic E-state index is 12.2. The normalized spacial score (nSPS) is 21.2. The number of amidine groups is 2. The highest BCUT2D eigenvalue weighted by Gasteiger charge is 2.20. The van der Waals surface area contributed by atoms with Crippen LogP contribution in [-0.4, -0.2) is 69.7 Å². The zero-order valence-electron chi connectivity index (χ0n) is 19.2. The Balaban J connectivity index is 1.50. The number of aromatic nitrogens is 2. The number of thioether (sulfide) groups is 2. The van der Waals surface area contributed by atoms with Crippen LogP contribution in [-0.2, 0) is 0 Å². The van der Waals surface area contributed by atoms with Crippen LogP contribution in [0.15, 0.2) is 52.3 Å². The topological polar surface area (TPSA) is 128 Å². The molecule has 2 aromatic rings. The Bertz CT molecular complexity index is 1210. The van der Waals surface area contributed by atoms with E-state index in [-0.39, 0.29) is 11.8 Å². The van der Waals surface area contributed by atoms with Gasteiger partial charge in [-0.05, 0) is 49.1 Å². The van der Waals surface area contributed by atoms with Crippen molar-refractivity contribution in [3.05, 3.63) is 32.3 Å². The van der Waals surface area contributed by atoms with Crippen LogP contribution in [0.25, 0.3) is 11.4 Å². The zero-order valence-corrected chi connectivity index (χ0v) is 22.4. The van der Waals surface area contributed by atoms with Gasteiger partial charge in [0.1, 0.15) is 11.4 Å². The summed E-state index contributed by atoms with van der Waals surface area (Å²) >= 11 is 5.23. The molecule has 0 aliphatic carbocycles. The van der Waals surface area contributed by atoms with Crippen molar-refractivity contribution in [2.24, 2.45) is 20.0 Å². The largest absolute Gasteiger partial charge is 0.860 e. The summed E-state index contributed by atoms with van der Waals surface area (Å²) in [6.45, 7) is 3.59. The van der Waals surface area contributed by atoms with E-state index in [4.69, 9.17) is 0 Å². The minimum atomic E-state index is -0.0938. The lowest BCUT2D eigenvalue weighted by Gasteiger charge is -2.24. The van der Waals surface area contributed by atoms with E-state index in [0.29, 0.717) is 53.2 Å². The Hall–Kier alpha value is -2.68. The second-order valence-corrected chi connectivity index (χ2v) is 11.1. The number of thiazole rings is 2. The van der Waals surface area contributed by atoms with Crippen LogP contribution in [0, 0.1) is 0 Å². The van der Waals surface area contributed by atoms with E-state index < -0.39 is 0 Å². The highest BCUT2D eigenvalue weighted by atomic mass is 32.2. The predicted molar refractivity (Wildman–Crippen MR) is 140 cm³/mol. The molecule has 2 aromatic heterocycles. The molecule has 2 aliphatic rings. The Morgan fingerprint density at radius 3 is 1.47 bits per heavy atom. The van der Waals surface area contributed by atoms with Crippen molar-refractivity contribution < 1.29 is 10.2 Å². The van der Waals surface area contributed by atoms with Gasteiger partial charge in [-0.25, -0.2) is 20.0 Å². The summed E-state index contributed by atoms with van der Waals surface area (Å²) in [5.74, 6) is -0.188. The summed E-state index contributed by atoms with van der Waals surface area (Å²) in [5, 5.41) is 30.2. The smallest absolute Gasteiger partial charge is 0.212 e. The lowest BCUT2D eigenvalue weighted by Crippen LogP contribution is -2.24. The maximum Gasteiger partial charge on any atom is 0.212 e. The Kier molecular flexibility index (Phi) is 7.12. The summed E-state index contributed by atoms with van der Waals surface area (Å²) in [5.41, 5.74) is 2.66. The highest BCUT2D eigenvalue weighted by Crippen LogP contribution is 2.36. The number of hydrogen-bond acceptors (Lipinski definition) is 12. The van der Waals surface area contributed by atoms with E-state index in [0.717, 1.165) is 0 Å². The van der Waals surface area contributed by atoms with E-state index in [2.05, 4.69) is 29.9 Å². The van der Waals surface area contributed by atoms with Crippen molar-refractivity contribution in [1.82, 2.24) is 19.8 Å². The number of hydrogen-bond donors (Lipinski definition) is 0. The van der Waals surface area contributed by atoms with Crippen molar-refractivity contribution in [3.63, 3.8) is 0 Å². The third-order valence-corrected chi connectivity index (χ3v) is 7.95. The van der Waals surface area contributed by atoms with Gasteiger partial charge in [-0.2, -0.15) is 9.98 Å². The monoisotopic (exact) mass is 532 g/mol. The average molecular weight is 533 g/mol. The molecule has 4 rings (SSSR count). The SMILES string of the molecule is CC1=NC(=Nc2nc(-c3csc(N=C4N=C(C)C(=C([O-])N(C)C)S4)n3)cs2)SC1=C([O-])N(C)C. The fourth-order valence-corrected chi connectivity index (χ4v) is 6.09. The van der Waals surface area contributed by atoms with Gasteiger partial charge in [0.15, 0.2) is 10.3 Å². The molecule has 0 saturated carbocycles. The Labute approximate surface area is 213 Å². The molecule has 0 aromatic carbocycles. The molecule has 0 saturated heterocycles. The van der Waals surface area contributed by atoms with Crippen LogP contribution in [0.5, 0.6) is 0 Å². The minimum Gasteiger partial charge on any atom is -0.860 e. The lowest BCUT2D eigenvalue weighted by molar-refractivity contribution is -0.329. The van der Waals surface area contributed by atoms with Gasteiger partial charge in [0.2, 0.25) is 10.3 Å². The predicted octanol–water partition coefficient (Wildman–Crippen LogP) is 2.84. The molecular formula is C20H20N8O2S4-2. The van der Waals surface area contributed by atoms with Gasteiger partial charge in [-0.1, -0.05) is 0 Å². The molecule has 0 fully saturated rings. The van der Waals surface area contributed by atoms with E-state index >= 15 is 0 Å². The number of nitrogens with zero attached hydrogens (tertiary/aromatic N) is 8. The van der Waals surface area contributed by atoms with Crippen molar-refractivity contribution in [3.8, 4) is 11.4 Å². The molecule has 0 atom stereocenters. The van der Waals surface area contributed by atoms with Gasteiger partial charge in [0, 0.05) is 48.8 Å². The Morgan fingerprint density at radius 2 is 1.12 bits per heavy atom. The van der Waals surface area contributed by atoms with Crippen molar-refractivity contribution in [2.45, 2.75) is 13.8 Å². The second-order valence-electron chi connectivity index (χ2n) is 7.48. The zero-order chi connectivity index (χ0) is 24.6. The van der Waals surface area contributed by atoms with E-state index in [1.54, 1.807) is 42.0 Å². The lowest BCUT2D eigenvalue weighted by atomic mass is 10.4. The molecule has 0 spiro atoms. The number of allylic oxidation sites excluding steroid dienone is 2. The summed E-state index contributed by atoms with van der Waals surface area (Å²) in [7, 11) is 6.82. The van der Waals surface area contributed by atoms with Crippen LogP contribution in [0.2, 0.25) is 0 Å². The van der Waals surface area contributed by atoms with Gasteiger partial charge in [-0.3, -0.25) is 0 Å². The molecule has 2 aliphatic heterocycles. The van der Waals surface area contributed by atoms with Crippen molar-refractivity contribution in [2.75, 3.05) is 28.2 Å². The maximum absolute atomic E-state index is 12.2. The standard InChI is InChI=1S/C20H22N8O2S4/c1-9-13(15(29)27(3)4)33-19(21-9)25-17-23-11(7-31-17)12-8-32-18(24-12)26-20-22-10(2)14(34-20)16(30)28(5)6/h7-8,29-30H,1-6H3/p-2. The fourth-order valence-electron chi connectivity index (χ4n) is 2.69. The minimum absolute atomic E-state index is 0.0938. The fraction of sp³-hybridized carbons (Fsp3) is 0.300. The third-order valence-electron chi connectivity index (χ3n) is 4.40. The molecular weight excluding hydrogens is 513 g/mol. The molecule has 178 valence electrons. The molecule has 14 heteroatoms. The first kappa shape index (κ1) is 24.4. The van der Waals surface area contributed by atoms with Gasteiger partial charge >= 0.3 is 0 Å². The molecule has 34 heavy (non-hydrogen) atoms. The van der Waals surface area contributed by atoms with Crippen LogP contribution >= 0.6 is 46.2 Å². The van der Waals surface area contributed by atoms with Gasteiger partial charge in [0.05, 0.1) is 11.4 Å². The Morgan fingerprint density at radius 1 is 0.735 bits per heavy atom. The van der Waals surface area contributed by atoms with E-state index in [1.807, 2.05) is 10.8 Å². The van der Waals surface area contributed by atoms with Gasteiger partial charge in [-0.15, -0.1) is 22.7 Å². The van der Waals surface area contributed by atoms with Crippen LogP contribution in [0.1, 0.15) is 13.8 Å². The summed E-state index contributed by atoms with van der Waals surface area (Å²) in [4.78, 5) is 31.0. The van der Waals surface area contributed by atoms with Gasteiger partial charge in [0.25, 0.3) is 0 Å². The van der Waals surface area contributed by atoms with E-state index in [1.165, 1.54) is 56.0 Å². The average Bonchev–Trinajstić information content (AvgIpc) is 3.55. The summed E-state index contributed by atoms with van der Waals surface area (Å²) < 4.78 is 0. The molecule has 4 heterocycles. The quantitative estimate of drug-likeness (QED) is 0.538.